The van der Waals surface area contributed by atoms with E-state index in [1.54, 1.807) is 11.4 Å². The van der Waals surface area contributed by atoms with Crippen molar-refractivity contribution in [3.63, 3.8) is 0 Å². The van der Waals surface area contributed by atoms with E-state index in [0.717, 1.165) is 25.9 Å². The molecule has 0 saturated carbocycles. The van der Waals surface area contributed by atoms with Crippen LogP contribution in [0.1, 0.15) is 36.5 Å². The molecule has 5 nitrogen and oxygen atoms in total. The molecule has 1 aromatic heterocycles. The second-order valence-electron chi connectivity index (χ2n) is 5.86. The molecule has 0 unspecified atom stereocenters. The summed E-state index contributed by atoms with van der Waals surface area (Å²) in [5.74, 6) is -0.116. The highest BCUT2D eigenvalue weighted by Gasteiger charge is 2.26. The smallest absolute Gasteiger partial charge is 0.252 e. The molecule has 7 heteroatoms. The van der Waals surface area contributed by atoms with Crippen LogP contribution < -0.4 is 16.0 Å². The lowest BCUT2D eigenvalue weighted by atomic mass is 9.81. The van der Waals surface area contributed by atoms with E-state index >= 15 is 0 Å². The van der Waals surface area contributed by atoms with Crippen LogP contribution >= 0.6 is 23.7 Å². The van der Waals surface area contributed by atoms with E-state index in [-0.39, 0.29) is 29.6 Å². The third-order valence-corrected chi connectivity index (χ3v) is 4.63. The third kappa shape index (κ3) is 5.94. The Hall–Kier alpha value is -1.11. The van der Waals surface area contributed by atoms with Crippen molar-refractivity contribution in [1.29, 1.82) is 0 Å². The van der Waals surface area contributed by atoms with Gasteiger partial charge in [-0.25, -0.2) is 0 Å². The van der Waals surface area contributed by atoms with Crippen molar-refractivity contribution in [3.8, 4) is 0 Å². The van der Waals surface area contributed by atoms with Gasteiger partial charge in [-0.2, -0.15) is 11.3 Å². The lowest BCUT2D eigenvalue weighted by Gasteiger charge is -2.34. The van der Waals surface area contributed by atoms with E-state index in [1.807, 2.05) is 5.38 Å². The Morgan fingerprint density at radius 3 is 2.68 bits per heavy atom. The zero-order valence-electron chi connectivity index (χ0n) is 12.8. The first-order valence-electron chi connectivity index (χ1n) is 7.37. The van der Waals surface area contributed by atoms with Gasteiger partial charge < -0.3 is 16.0 Å². The number of nitrogens with one attached hydrogen (secondary N) is 3. The van der Waals surface area contributed by atoms with Gasteiger partial charge in [0.05, 0.1) is 0 Å². The van der Waals surface area contributed by atoms with Gasteiger partial charge in [0.15, 0.2) is 0 Å². The Morgan fingerprint density at radius 2 is 2.05 bits per heavy atom. The minimum Gasteiger partial charge on any atom is -0.355 e. The van der Waals surface area contributed by atoms with Crippen molar-refractivity contribution in [1.82, 2.24) is 16.0 Å². The van der Waals surface area contributed by atoms with E-state index in [2.05, 4.69) is 22.9 Å². The molecule has 0 spiro atoms. The highest BCUT2D eigenvalue weighted by molar-refractivity contribution is 7.08. The Morgan fingerprint density at radius 1 is 1.32 bits per heavy atom. The van der Waals surface area contributed by atoms with E-state index in [9.17, 15) is 9.59 Å². The second-order valence-corrected chi connectivity index (χ2v) is 6.64. The van der Waals surface area contributed by atoms with Gasteiger partial charge in [0, 0.05) is 30.5 Å². The summed E-state index contributed by atoms with van der Waals surface area (Å²) in [5, 5.41) is 12.7. The molecular formula is C15H24ClN3O2S. The number of amides is 2. The predicted octanol–water partition coefficient (Wildman–Crippen LogP) is 1.80. The molecule has 2 amide bonds. The molecule has 2 heterocycles. The molecule has 0 aliphatic carbocycles. The van der Waals surface area contributed by atoms with Crippen LogP contribution in [0.4, 0.5) is 0 Å². The molecule has 1 aliphatic rings. The van der Waals surface area contributed by atoms with Crippen LogP contribution in [0.2, 0.25) is 0 Å². The van der Waals surface area contributed by atoms with Gasteiger partial charge in [-0.05, 0) is 42.8 Å². The quantitative estimate of drug-likeness (QED) is 0.736. The molecule has 1 saturated heterocycles. The number of halogens is 1. The number of carbonyl (C=O) groups excluding carboxylic acids is 2. The normalized spacial score (nSPS) is 16.4. The van der Waals surface area contributed by atoms with E-state index in [4.69, 9.17) is 0 Å². The molecule has 3 N–H and O–H groups in total. The van der Waals surface area contributed by atoms with Crippen molar-refractivity contribution in [2.45, 2.75) is 26.2 Å². The zero-order valence-corrected chi connectivity index (χ0v) is 14.4. The van der Waals surface area contributed by atoms with Crippen LogP contribution in [0.3, 0.4) is 0 Å². The predicted molar refractivity (Wildman–Crippen MR) is 91.7 cm³/mol. The van der Waals surface area contributed by atoms with E-state index < -0.39 is 0 Å². The summed E-state index contributed by atoms with van der Waals surface area (Å²) < 4.78 is 0. The number of rotatable bonds is 6. The first-order chi connectivity index (χ1) is 10.1. The topological polar surface area (TPSA) is 70.2 Å². The van der Waals surface area contributed by atoms with Crippen molar-refractivity contribution in [2.75, 3.05) is 26.2 Å². The molecule has 1 fully saturated rings. The summed E-state index contributed by atoms with van der Waals surface area (Å²) in [4.78, 5) is 23.5. The van der Waals surface area contributed by atoms with Gasteiger partial charge in [-0.15, -0.1) is 12.4 Å². The van der Waals surface area contributed by atoms with Gasteiger partial charge in [0.25, 0.3) is 5.91 Å². The standard InChI is InChI=1S/C15H23N3O2S.ClH/c1-15(4-7-16-8-5-15)11-18-13(19)2-6-17-14(20)12-3-9-21-10-12;/h3,9-10,16H,2,4-8,11H2,1H3,(H,17,20)(H,18,19);1H. The summed E-state index contributed by atoms with van der Waals surface area (Å²) in [7, 11) is 0. The maximum atomic E-state index is 11.8. The molecule has 124 valence electrons. The van der Waals surface area contributed by atoms with Crippen molar-refractivity contribution in [3.05, 3.63) is 22.4 Å². The SMILES string of the molecule is CC1(CNC(=O)CCNC(=O)c2ccsc2)CCNCC1.Cl. The maximum Gasteiger partial charge on any atom is 0.252 e. The fourth-order valence-electron chi connectivity index (χ4n) is 2.39. The third-order valence-electron chi connectivity index (χ3n) is 3.94. The highest BCUT2D eigenvalue weighted by atomic mass is 35.5. The Kier molecular flexibility index (Phi) is 7.85. The second kappa shape index (κ2) is 9.12. The van der Waals surface area contributed by atoms with Gasteiger partial charge >= 0.3 is 0 Å². The minimum atomic E-state index is -0.116. The summed E-state index contributed by atoms with van der Waals surface area (Å²) in [6.07, 6.45) is 2.49. The van der Waals surface area contributed by atoms with Gasteiger partial charge in [0.2, 0.25) is 5.91 Å². The van der Waals surface area contributed by atoms with Crippen molar-refractivity contribution in [2.24, 2.45) is 5.41 Å². The Labute approximate surface area is 141 Å². The van der Waals surface area contributed by atoms with E-state index in [1.165, 1.54) is 11.3 Å². The molecule has 0 atom stereocenters. The van der Waals surface area contributed by atoms with E-state index in [0.29, 0.717) is 25.1 Å². The lowest BCUT2D eigenvalue weighted by Crippen LogP contribution is -2.43. The molecule has 1 aliphatic heterocycles. The molecule has 0 radical (unpaired) electrons. The Balaban J connectivity index is 0.00000242. The summed E-state index contributed by atoms with van der Waals surface area (Å²) >= 11 is 1.49. The van der Waals surface area contributed by atoms with Crippen LogP contribution in [0, 0.1) is 5.41 Å². The fraction of sp³-hybridized carbons (Fsp3) is 0.600. The minimum absolute atomic E-state index is 0. The number of piperidine rings is 1. The summed E-state index contributed by atoms with van der Waals surface area (Å²) in [6, 6.07) is 1.78. The van der Waals surface area contributed by atoms with Gasteiger partial charge in [0.1, 0.15) is 0 Å². The molecule has 22 heavy (non-hydrogen) atoms. The maximum absolute atomic E-state index is 11.8. The molecule has 0 bridgehead atoms. The molecule has 1 aromatic rings. The molecular weight excluding hydrogens is 322 g/mol. The summed E-state index contributed by atoms with van der Waals surface area (Å²) in [5.41, 5.74) is 0.850. The summed E-state index contributed by atoms with van der Waals surface area (Å²) in [6.45, 7) is 5.34. The van der Waals surface area contributed by atoms with Gasteiger partial charge in [-0.1, -0.05) is 6.92 Å². The average molecular weight is 346 g/mol. The van der Waals surface area contributed by atoms with Crippen LogP contribution in [-0.2, 0) is 4.79 Å². The molecule has 2 rings (SSSR count). The van der Waals surface area contributed by atoms with Crippen LogP contribution in [0.25, 0.3) is 0 Å². The molecule has 0 aromatic carbocycles. The largest absolute Gasteiger partial charge is 0.355 e. The van der Waals surface area contributed by atoms with Crippen LogP contribution in [0.5, 0.6) is 0 Å². The van der Waals surface area contributed by atoms with Crippen LogP contribution in [-0.4, -0.2) is 38.0 Å². The Bertz CT molecular complexity index is 473. The number of thiophene rings is 1. The average Bonchev–Trinajstić information content (AvgIpc) is 3.00. The first kappa shape index (κ1) is 18.9. The zero-order chi connectivity index (χ0) is 15.1. The number of carbonyl (C=O) groups is 2. The monoisotopic (exact) mass is 345 g/mol. The fourth-order valence-corrected chi connectivity index (χ4v) is 3.03. The van der Waals surface area contributed by atoms with Crippen LogP contribution in [0.15, 0.2) is 16.8 Å². The highest BCUT2D eigenvalue weighted by Crippen LogP contribution is 2.26. The lowest BCUT2D eigenvalue weighted by molar-refractivity contribution is -0.121. The van der Waals surface area contributed by atoms with Crippen molar-refractivity contribution >= 4 is 35.6 Å². The van der Waals surface area contributed by atoms with Crippen molar-refractivity contribution < 1.29 is 9.59 Å². The number of hydrogen-bond acceptors (Lipinski definition) is 4. The number of hydrogen-bond donors (Lipinski definition) is 3. The first-order valence-corrected chi connectivity index (χ1v) is 8.31. The van der Waals surface area contributed by atoms with Gasteiger partial charge in [-0.3, -0.25) is 9.59 Å².